The van der Waals surface area contributed by atoms with Crippen molar-refractivity contribution in [1.29, 1.82) is 0 Å². The summed E-state index contributed by atoms with van der Waals surface area (Å²) in [6, 6.07) is 12.9. The van der Waals surface area contributed by atoms with Gasteiger partial charge in [0, 0.05) is 39.0 Å². The molecule has 2 nitrogen and oxygen atoms in total. The van der Waals surface area contributed by atoms with Crippen molar-refractivity contribution in [2.75, 3.05) is 4.90 Å². The monoisotopic (exact) mass is 1010 g/mol. The number of terminal acetylenes is 1. The fourth-order valence-corrected chi connectivity index (χ4v) is 13.1. The second-order valence-electron chi connectivity index (χ2n) is 21.3. The van der Waals surface area contributed by atoms with Crippen molar-refractivity contribution in [2.45, 2.75) is 11.8 Å². The predicted molar refractivity (Wildman–Crippen MR) is 386 cm³/mol. The molecule has 0 saturated carbocycles. The molecule has 53 radical (unpaired) electrons. The van der Waals surface area contributed by atoms with E-state index in [1.807, 2.05) is 30.3 Å². The number of aromatic nitrogens is 1. The summed E-state index contributed by atoms with van der Waals surface area (Å²) < 4.78 is 1.67. The zero-order valence-corrected chi connectivity index (χ0v) is 45.3. The third-order valence-electron chi connectivity index (χ3n) is 17.4. The van der Waals surface area contributed by atoms with Crippen LogP contribution >= 0.6 is 0 Å². The van der Waals surface area contributed by atoms with Gasteiger partial charge in [0.2, 0.25) is 0 Å². The summed E-state index contributed by atoms with van der Waals surface area (Å²) in [5, 5.41) is 0.459. The molecular formula is C56H10B27N2. The normalized spacial score (nSPS) is 15.3. The summed E-state index contributed by atoms with van der Waals surface area (Å²) in [4.78, 5) is 1.59. The van der Waals surface area contributed by atoms with Crippen molar-refractivity contribution in [1.82, 2.24) is 4.57 Å². The van der Waals surface area contributed by atoms with Crippen LogP contribution in [0.4, 0.5) is 17.1 Å². The molecule has 2 heterocycles. The Morgan fingerprint density at radius 2 is 0.894 bits per heavy atom. The molecule has 9 aromatic rings. The molecule has 0 fully saturated rings. The number of allylic oxidation sites excluding steroid dienone is 4. The van der Waals surface area contributed by atoms with Crippen molar-refractivity contribution in [3.63, 3.8) is 0 Å². The molecule has 0 N–H and O–H groups in total. The van der Waals surface area contributed by atoms with Crippen LogP contribution in [0.2, 0.25) is 0 Å². The molecule has 0 amide bonds. The Morgan fingerprint density at radius 3 is 1.49 bits per heavy atom. The smallest absolute Gasteiger partial charge is 0.195 e. The van der Waals surface area contributed by atoms with Gasteiger partial charge in [-0.15, -0.1) is 66.5 Å². The summed E-state index contributed by atoms with van der Waals surface area (Å²) in [5.74, 6) is 2.36. The standard InChI is InChI=1S/C56H10B27N2/c1-2-15(57)25(59)24(58)12-10-56(23-18(12)26(60)34(68)38(72)33(23)67)13-7-4-3-6-11(13)17-14(56)8-5-9-16(17)84(54-44(78)29(63)20(30(64)45(54)79)19-27(61)35(69)39(73)36(70)28(19)62)53-32(66)22-21-31(65)37(71)42(76)49-52(21)85(51(22)47(81)48(53)82)55-46(80)41(75)40(74)43(77)50(55)83-49/h1,3-9H,10H2/b24-12-,25-15-. The second kappa shape index (κ2) is 20.4. The number of hydrogen-bond acceptors (Lipinski definition) is 1. The lowest BCUT2D eigenvalue weighted by atomic mass is 9.49. The Bertz CT molecular complexity index is 4760. The van der Waals surface area contributed by atoms with E-state index in [1.54, 1.807) is 28.9 Å². The van der Waals surface area contributed by atoms with Gasteiger partial charge in [-0.05, 0) is 62.4 Å². The van der Waals surface area contributed by atoms with E-state index in [9.17, 15) is 0 Å². The molecule has 12 rings (SSSR count). The second-order valence-corrected chi connectivity index (χ2v) is 21.3. The molecule has 2 aliphatic carbocycles. The van der Waals surface area contributed by atoms with Crippen LogP contribution in [0.5, 0.6) is 0 Å². The molecule has 325 valence electrons. The van der Waals surface area contributed by atoms with Crippen LogP contribution < -0.4 is 141 Å². The van der Waals surface area contributed by atoms with Crippen LogP contribution in [0.15, 0.2) is 58.9 Å². The number of benzene rings is 8. The minimum Gasteiger partial charge on any atom is -0.312 e. The summed E-state index contributed by atoms with van der Waals surface area (Å²) in [5.41, 5.74) is 2.32. The van der Waals surface area contributed by atoms with Gasteiger partial charge in [0.05, 0.1) is 11.1 Å². The molecule has 1 atom stereocenters. The van der Waals surface area contributed by atoms with E-state index in [2.05, 4.69) is 5.92 Å². The van der Waals surface area contributed by atoms with Gasteiger partial charge in [-0.1, -0.05) is 135 Å². The van der Waals surface area contributed by atoms with Crippen LogP contribution in [-0.4, -0.2) is 216 Å². The van der Waals surface area contributed by atoms with Gasteiger partial charge in [0.25, 0.3) is 0 Å². The number of fused-ring (bicyclic) bond motifs is 12. The summed E-state index contributed by atoms with van der Waals surface area (Å²) in [6.45, 7) is 0. The van der Waals surface area contributed by atoms with Crippen LogP contribution in [0, 0.1) is 12.3 Å². The maximum Gasteiger partial charge on any atom is 0.195 e. The minimum atomic E-state index is -1.32. The van der Waals surface area contributed by atoms with E-state index in [-0.39, 0.29) is 199 Å². The van der Waals surface area contributed by atoms with Gasteiger partial charge in [0.1, 0.15) is 204 Å². The van der Waals surface area contributed by atoms with Crippen LogP contribution in [0.25, 0.3) is 55.3 Å². The lowest BCUT2D eigenvalue weighted by Crippen LogP contribution is -2.63. The van der Waals surface area contributed by atoms with Gasteiger partial charge in [-0.3, -0.25) is 0 Å². The van der Waals surface area contributed by atoms with Crippen molar-refractivity contribution in [3.8, 4) is 40.3 Å². The molecule has 85 heavy (non-hydrogen) atoms. The quantitative estimate of drug-likeness (QED) is 0.123. The fraction of sp³-hybridized carbons (Fsp3) is 0.0357. The first kappa shape index (κ1) is 59.5. The zero-order valence-electron chi connectivity index (χ0n) is 45.3. The minimum absolute atomic E-state index is 0.00270. The SMILES string of the molecule is [B]/C(C#C)=C([B])/C([B])=C1\CC2(c3ccccc3-c3c(N(c4c([B])c([B])c(-c5c([B])c([B])c([B])c([B])c5[B])c([B])c4[B])c4c([B])c([B])c5c(c4[B])c4c([B])c([B])c([B])c6c4n5-c4c([B])c([B])c([B])c([B])c4[B]6)cccc32)c2c([B])c([B])c([B])c([B])c21. The lowest BCUT2D eigenvalue weighted by Gasteiger charge is -2.38. The van der Waals surface area contributed by atoms with Gasteiger partial charge in [-0.2, -0.15) is 0 Å². The number of nitrogens with zero attached hydrogens (tertiary/aromatic N) is 2. The molecule has 0 bridgehead atoms. The molecule has 1 aromatic heterocycles. The molecule has 3 aliphatic rings. The fourth-order valence-electron chi connectivity index (χ4n) is 13.1. The summed E-state index contributed by atoms with van der Waals surface area (Å²) >= 11 is 0. The maximum absolute atomic E-state index is 7.79. The lowest BCUT2D eigenvalue weighted by molar-refractivity contribution is 0.686. The molecular weight excluding hydrogens is 993 g/mol. The van der Waals surface area contributed by atoms with E-state index in [0.29, 0.717) is 55.4 Å². The Kier molecular flexibility index (Phi) is 14.2. The number of anilines is 3. The highest BCUT2D eigenvalue weighted by atomic mass is 15.2. The van der Waals surface area contributed by atoms with Gasteiger partial charge < -0.3 is 9.47 Å². The Balaban J connectivity index is 1.28. The highest BCUT2D eigenvalue weighted by Gasteiger charge is 2.53. The average molecular weight is 1000 g/mol. The zero-order chi connectivity index (χ0) is 61.7. The van der Waals surface area contributed by atoms with Crippen LogP contribution in [-0.2, 0) is 5.41 Å². The summed E-state index contributed by atoms with van der Waals surface area (Å²) in [7, 11) is 181. The van der Waals surface area contributed by atoms with Crippen LogP contribution in [0.3, 0.4) is 0 Å². The average Bonchev–Trinajstić information content (AvgIpc) is 1.56. The van der Waals surface area contributed by atoms with E-state index >= 15 is 0 Å². The Labute approximate surface area is 531 Å². The first-order chi connectivity index (χ1) is 40.0. The topological polar surface area (TPSA) is 8.17 Å². The van der Waals surface area contributed by atoms with Gasteiger partial charge in [0.15, 0.2) is 7.28 Å². The van der Waals surface area contributed by atoms with Crippen molar-refractivity contribution in [3.05, 3.63) is 81.1 Å². The highest BCUT2D eigenvalue weighted by Crippen LogP contribution is 2.63. The molecule has 0 saturated heterocycles. The third kappa shape index (κ3) is 7.60. The van der Waals surface area contributed by atoms with E-state index in [4.69, 9.17) is 210 Å². The first-order valence-electron chi connectivity index (χ1n) is 25.7. The van der Waals surface area contributed by atoms with E-state index in [0.717, 1.165) is 0 Å². The van der Waals surface area contributed by atoms with E-state index in [1.165, 1.54) is 0 Å². The van der Waals surface area contributed by atoms with Crippen LogP contribution in [0.1, 0.15) is 28.7 Å². The summed E-state index contributed by atoms with van der Waals surface area (Å²) in [6.07, 6.45) is 5.79. The molecule has 1 aliphatic heterocycles. The Morgan fingerprint density at radius 1 is 0.435 bits per heavy atom. The predicted octanol–water partition coefficient (Wildman–Crippen LogP) is -17.1. The number of rotatable bonds is 5. The molecule has 29 heteroatoms. The van der Waals surface area contributed by atoms with Crippen molar-refractivity contribution >= 4 is 392 Å². The third-order valence-corrected chi connectivity index (χ3v) is 17.4. The first-order valence-corrected chi connectivity index (χ1v) is 25.7. The van der Waals surface area contributed by atoms with Gasteiger partial charge >= 0.3 is 0 Å². The number of hydrogen-bond donors (Lipinski definition) is 0. The van der Waals surface area contributed by atoms with E-state index < -0.39 is 5.41 Å². The molecule has 8 aromatic carbocycles. The molecule has 1 unspecified atom stereocenters. The largest absolute Gasteiger partial charge is 0.312 e. The van der Waals surface area contributed by atoms with Crippen molar-refractivity contribution in [2.24, 2.45) is 0 Å². The van der Waals surface area contributed by atoms with Gasteiger partial charge in [-0.25, -0.2) is 0 Å². The maximum atomic E-state index is 7.79. The Hall–Kier alpha value is -5.85. The highest BCUT2D eigenvalue weighted by molar-refractivity contribution is 6.85. The van der Waals surface area contributed by atoms with Crippen molar-refractivity contribution < 1.29 is 0 Å². The molecule has 1 spiro atoms.